The van der Waals surface area contributed by atoms with Crippen molar-refractivity contribution < 1.29 is 0 Å². The minimum atomic E-state index is 0.409. The molecule has 0 bridgehead atoms. The van der Waals surface area contributed by atoms with Crippen molar-refractivity contribution in [3.63, 3.8) is 0 Å². The van der Waals surface area contributed by atoms with Gasteiger partial charge in [-0.1, -0.05) is 35.2 Å². The molecule has 5 heteroatoms. The minimum absolute atomic E-state index is 0.409. The van der Waals surface area contributed by atoms with Gasteiger partial charge in [0.15, 0.2) is 0 Å². The molecule has 0 spiro atoms. The van der Waals surface area contributed by atoms with Crippen molar-refractivity contribution in [1.82, 2.24) is 9.55 Å². The average molecular weight is 306 g/mol. The molecule has 0 radical (unpaired) electrons. The van der Waals surface area contributed by atoms with Crippen LogP contribution in [0.2, 0.25) is 10.0 Å². The molecule has 1 saturated carbocycles. The van der Waals surface area contributed by atoms with Crippen molar-refractivity contribution in [1.29, 1.82) is 0 Å². The first kappa shape index (κ1) is 13.4. The Morgan fingerprint density at radius 2 is 2.00 bits per heavy atom. The third kappa shape index (κ3) is 2.15. The lowest BCUT2D eigenvalue weighted by molar-refractivity contribution is 0.762. The van der Waals surface area contributed by atoms with E-state index >= 15 is 0 Å². The summed E-state index contributed by atoms with van der Waals surface area (Å²) in [5, 5.41) is 1.08. The van der Waals surface area contributed by atoms with Gasteiger partial charge >= 0.3 is 0 Å². The van der Waals surface area contributed by atoms with Crippen molar-refractivity contribution in [2.75, 3.05) is 5.73 Å². The van der Waals surface area contributed by atoms with Crippen LogP contribution >= 0.6 is 23.2 Å². The Morgan fingerprint density at radius 1 is 1.35 bits per heavy atom. The maximum atomic E-state index is 6.24. The molecule has 3 nitrogen and oxygen atoms in total. The number of aromatic nitrogens is 2. The molecule has 2 N–H and O–H groups in total. The lowest BCUT2D eigenvalue weighted by Gasteiger charge is -2.06. The van der Waals surface area contributed by atoms with Crippen LogP contribution in [0.4, 0.5) is 5.82 Å². The van der Waals surface area contributed by atoms with E-state index in [1.807, 2.05) is 4.57 Å². The Labute approximate surface area is 127 Å². The summed E-state index contributed by atoms with van der Waals surface area (Å²) in [6.45, 7) is 0.409. The number of hydrogen-bond acceptors (Lipinski definition) is 2. The molecule has 1 aromatic carbocycles. The number of benzene rings is 1. The van der Waals surface area contributed by atoms with Crippen LogP contribution in [0.3, 0.4) is 0 Å². The molecule has 0 unspecified atom stereocenters. The highest BCUT2D eigenvalue weighted by Crippen LogP contribution is 2.44. The van der Waals surface area contributed by atoms with Gasteiger partial charge in [-0.15, -0.1) is 6.42 Å². The van der Waals surface area contributed by atoms with Crippen LogP contribution in [-0.2, 0) is 6.54 Å². The van der Waals surface area contributed by atoms with Gasteiger partial charge in [0.1, 0.15) is 17.3 Å². The molecule has 3 rings (SSSR count). The number of anilines is 1. The molecule has 0 atom stereocenters. The first-order valence-electron chi connectivity index (χ1n) is 6.37. The van der Waals surface area contributed by atoms with Gasteiger partial charge in [0.2, 0.25) is 0 Å². The first-order chi connectivity index (χ1) is 9.63. The van der Waals surface area contributed by atoms with E-state index in [9.17, 15) is 0 Å². The van der Waals surface area contributed by atoms with E-state index in [0.29, 0.717) is 39.6 Å². The van der Waals surface area contributed by atoms with Gasteiger partial charge in [0.25, 0.3) is 0 Å². The number of halogens is 2. The number of terminal acetylenes is 1. The zero-order valence-electron chi connectivity index (χ0n) is 10.7. The van der Waals surface area contributed by atoms with Crippen LogP contribution in [-0.4, -0.2) is 9.55 Å². The number of hydrogen-bond donors (Lipinski definition) is 1. The lowest BCUT2D eigenvalue weighted by atomic mass is 10.1. The molecule has 0 aliphatic heterocycles. The Hall–Kier alpha value is -1.63. The molecule has 1 aliphatic rings. The fourth-order valence-corrected chi connectivity index (χ4v) is 2.88. The van der Waals surface area contributed by atoms with E-state index in [4.69, 9.17) is 35.4 Å². The Kier molecular flexibility index (Phi) is 3.37. The topological polar surface area (TPSA) is 43.8 Å². The highest BCUT2D eigenvalue weighted by atomic mass is 35.5. The summed E-state index contributed by atoms with van der Waals surface area (Å²) in [7, 11) is 0. The summed E-state index contributed by atoms with van der Waals surface area (Å²) >= 11 is 12.5. The predicted molar refractivity (Wildman–Crippen MR) is 82.9 cm³/mol. The molecule has 1 fully saturated rings. The molecule has 1 heterocycles. The van der Waals surface area contributed by atoms with E-state index in [1.54, 1.807) is 18.2 Å². The number of imidazole rings is 1. The smallest absolute Gasteiger partial charge is 0.132 e. The van der Waals surface area contributed by atoms with E-state index < -0.39 is 0 Å². The summed E-state index contributed by atoms with van der Waals surface area (Å²) in [5.41, 5.74) is 7.51. The van der Waals surface area contributed by atoms with Crippen molar-refractivity contribution in [2.24, 2.45) is 0 Å². The molecular weight excluding hydrogens is 293 g/mol. The van der Waals surface area contributed by atoms with Crippen molar-refractivity contribution in [3.05, 3.63) is 34.1 Å². The quantitative estimate of drug-likeness (QED) is 0.873. The summed E-state index contributed by atoms with van der Waals surface area (Å²) in [6, 6.07) is 5.35. The second-order valence-electron chi connectivity index (χ2n) is 4.87. The average Bonchev–Trinajstić information content (AvgIpc) is 3.20. The summed E-state index contributed by atoms with van der Waals surface area (Å²) in [4.78, 5) is 4.66. The van der Waals surface area contributed by atoms with Gasteiger partial charge in [-0.3, -0.25) is 0 Å². The van der Waals surface area contributed by atoms with Crippen LogP contribution in [0, 0.1) is 12.3 Å². The van der Waals surface area contributed by atoms with Crippen LogP contribution in [0.1, 0.15) is 24.6 Å². The third-order valence-electron chi connectivity index (χ3n) is 3.43. The third-order valence-corrected chi connectivity index (χ3v) is 4.06. The summed E-state index contributed by atoms with van der Waals surface area (Å²) < 4.78 is 1.88. The Morgan fingerprint density at radius 3 is 2.55 bits per heavy atom. The van der Waals surface area contributed by atoms with Gasteiger partial charge in [-0.25, -0.2) is 4.98 Å². The Bertz CT molecular complexity index is 688. The fourth-order valence-electron chi connectivity index (χ4n) is 2.30. The SMILES string of the molecule is C#CCn1c(C2CC2)nc(-c2c(Cl)cccc2Cl)c1N. The molecule has 1 aliphatic carbocycles. The second kappa shape index (κ2) is 5.05. The van der Waals surface area contributed by atoms with E-state index in [0.717, 1.165) is 18.7 Å². The molecule has 0 saturated heterocycles. The number of nitrogen functional groups attached to an aromatic ring is 1. The zero-order valence-corrected chi connectivity index (χ0v) is 12.2. The number of nitrogens with zero attached hydrogens (tertiary/aromatic N) is 2. The second-order valence-corrected chi connectivity index (χ2v) is 5.68. The maximum absolute atomic E-state index is 6.24. The maximum Gasteiger partial charge on any atom is 0.132 e. The standard InChI is InChI=1S/C15H13Cl2N3/c1-2-8-20-14(18)13(19-15(20)9-6-7-9)12-10(16)4-3-5-11(12)17/h1,3-5,9H,6-8,18H2. The Balaban J connectivity index is 2.20. The van der Waals surface area contributed by atoms with Gasteiger partial charge in [-0.2, -0.15) is 0 Å². The highest BCUT2D eigenvalue weighted by Gasteiger charge is 2.31. The molecule has 2 aromatic rings. The van der Waals surface area contributed by atoms with Gasteiger partial charge in [0.05, 0.1) is 16.6 Å². The molecule has 20 heavy (non-hydrogen) atoms. The van der Waals surface area contributed by atoms with Crippen LogP contribution in [0.25, 0.3) is 11.3 Å². The van der Waals surface area contributed by atoms with E-state index in [1.165, 1.54) is 0 Å². The highest BCUT2D eigenvalue weighted by molar-refractivity contribution is 6.39. The first-order valence-corrected chi connectivity index (χ1v) is 7.12. The van der Waals surface area contributed by atoms with Crippen molar-refractivity contribution in [2.45, 2.75) is 25.3 Å². The van der Waals surface area contributed by atoms with E-state index in [2.05, 4.69) is 10.9 Å². The predicted octanol–water partition coefficient (Wildman–Crippen LogP) is 3.95. The summed E-state index contributed by atoms with van der Waals surface area (Å²) in [5.74, 6) is 4.53. The normalized spacial score (nSPS) is 14.2. The van der Waals surface area contributed by atoms with Gasteiger partial charge in [-0.05, 0) is 25.0 Å². The van der Waals surface area contributed by atoms with Crippen LogP contribution in [0.15, 0.2) is 18.2 Å². The largest absolute Gasteiger partial charge is 0.383 e. The van der Waals surface area contributed by atoms with Crippen molar-refractivity contribution >= 4 is 29.0 Å². The van der Waals surface area contributed by atoms with Crippen molar-refractivity contribution in [3.8, 4) is 23.6 Å². The molecular formula is C15H13Cl2N3. The molecule has 1 aromatic heterocycles. The number of rotatable bonds is 3. The minimum Gasteiger partial charge on any atom is -0.383 e. The monoisotopic (exact) mass is 305 g/mol. The zero-order chi connectivity index (χ0) is 14.3. The number of nitrogens with two attached hydrogens (primary N) is 1. The summed E-state index contributed by atoms with van der Waals surface area (Å²) in [6.07, 6.45) is 7.66. The molecule has 0 amide bonds. The van der Waals surface area contributed by atoms with Crippen LogP contribution < -0.4 is 5.73 Å². The van der Waals surface area contributed by atoms with Crippen LogP contribution in [0.5, 0.6) is 0 Å². The van der Waals surface area contributed by atoms with Gasteiger partial charge < -0.3 is 10.3 Å². The van der Waals surface area contributed by atoms with Gasteiger partial charge in [0, 0.05) is 11.5 Å². The lowest BCUT2D eigenvalue weighted by Crippen LogP contribution is -2.05. The van der Waals surface area contributed by atoms with E-state index in [-0.39, 0.29) is 0 Å². The fraction of sp³-hybridized carbons (Fsp3) is 0.267. The molecule has 102 valence electrons.